The highest BCUT2D eigenvalue weighted by Crippen LogP contribution is 2.37. The quantitative estimate of drug-likeness (QED) is 0.782. The SMILES string of the molecule is O=C1NCCCCC1NC(=O)C1(Cc2ccc(Cl)cc2)CN(c2ccncn2)C1. The number of aromatic nitrogens is 2. The third-order valence-electron chi connectivity index (χ3n) is 5.66. The summed E-state index contributed by atoms with van der Waals surface area (Å²) >= 11 is 6.01. The molecule has 2 N–H and O–H groups in total. The van der Waals surface area contributed by atoms with Crippen LogP contribution in [0.15, 0.2) is 42.9 Å². The zero-order valence-electron chi connectivity index (χ0n) is 16.1. The second-order valence-electron chi connectivity index (χ2n) is 7.82. The highest BCUT2D eigenvalue weighted by molar-refractivity contribution is 6.30. The van der Waals surface area contributed by atoms with Crippen LogP contribution < -0.4 is 15.5 Å². The van der Waals surface area contributed by atoms with Gasteiger partial charge in [0.25, 0.3) is 0 Å². The maximum absolute atomic E-state index is 13.3. The number of anilines is 1. The van der Waals surface area contributed by atoms with Gasteiger partial charge in [0.15, 0.2) is 0 Å². The molecule has 4 rings (SSSR count). The van der Waals surface area contributed by atoms with E-state index in [0.717, 1.165) is 24.2 Å². The Balaban J connectivity index is 1.52. The van der Waals surface area contributed by atoms with Gasteiger partial charge in [-0.2, -0.15) is 0 Å². The zero-order chi connectivity index (χ0) is 20.3. The lowest BCUT2D eigenvalue weighted by molar-refractivity contribution is -0.136. The molecule has 1 aromatic heterocycles. The van der Waals surface area contributed by atoms with Crippen LogP contribution in [0, 0.1) is 5.41 Å². The van der Waals surface area contributed by atoms with E-state index in [2.05, 4.69) is 25.5 Å². The summed E-state index contributed by atoms with van der Waals surface area (Å²) in [6.45, 7) is 1.74. The minimum atomic E-state index is -0.620. The average Bonchev–Trinajstić information content (AvgIpc) is 2.91. The van der Waals surface area contributed by atoms with Crippen LogP contribution in [0.1, 0.15) is 24.8 Å². The van der Waals surface area contributed by atoms with Crippen molar-refractivity contribution in [3.8, 4) is 0 Å². The molecule has 8 heteroatoms. The predicted molar refractivity (Wildman–Crippen MR) is 111 cm³/mol. The molecule has 2 aliphatic heterocycles. The summed E-state index contributed by atoms with van der Waals surface area (Å²) in [5.41, 5.74) is 0.419. The number of rotatable bonds is 5. The van der Waals surface area contributed by atoms with Crippen LogP contribution in [0.3, 0.4) is 0 Å². The Bertz CT molecular complexity index is 868. The van der Waals surface area contributed by atoms with Crippen molar-refractivity contribution in [2.24, 2.45) is 5.41 Å². The Morgan fingerprint density at radius 2 is 2.03 bits per heavy atom. The standard InChI is InChI=1S/C21H24ClN5O2/c22-16-6-4-15(5-7-16)11-21(12-27(13-21)18-8-10-23-14-25-18)20(29)26-17-3-1-2-9-24-19(17)28/h4-8,10,14,17H,1-3,9,11-13H2,(H,24,28)(H,26,29). The number of amides is 2. The van der Waals surface area contributed by atoms with Gasteiger partial charge in [-0.05, 0) is 49.4 Å². The molecule has 2 saturated heterocycles. The lowest BCUT2D eigenvalue weighted by Gasteiger charge is -2.50. The van der Waals surface area contributed by atoms with Crippen LogP contribution in [0.25, 0.3) is 0 Å². The molecule has 0 spiro atoms. The van der Waals surface area contributed by atoms with Crippen molar-refractivity contribution in [1.29, 1.82) is 0 Å². The van der Waals surface area contributed by atoms with Crippen molar-refractivity contribution in [3.05, 3.63) is 53.4 Å². The minimum Gasteiger partial charge on any atom is -0.354 e. The number of carbonyl (C=O) groups excluding carboxylic acids is 2. The maximum Gasteiger partial charge on any atom is 0.242 e. The van der Waals surface area contributed by atoms with Crippen LogP contribution in [-0.2, 0) is 16.0 Å². The summed E-state index contributed by atoms with van der Waals surface area (Å²) in [7, 11) is 0. The molecule has 1 aromatic carbocycles. The number of hydrogen-bond donors (Lipinski definition) is 2. The Morgan fingerprint density at radius 1 is 1.24 bits per heavy atom. The van der Waals surface area contributed by atoms with Gasteiger partial charge in [-0.3, -0.25) is 9.59 Å². The number of carbonyl (C=O) groups is 2. The Kier molecular flexibility index (Phi) is 5.67. The average molecular weight is 414 g/mol. The van der Waals surface area contributed by atoms with Crippen molar-refractivity contribution >= 4 is 29.2 Å². The van der Waals surface area contributed by atoms with E-state index in [-0.39, 0.29) is 11.8 Å². The largest absolute Gasteiger partial charge is 0.354 e. The van der Waals surface area contributed by atoms with Gasteiger partial charge in [-0.1, -0.05) is 23.7 Å². The Labute approximate surface area is 174 Å². The molecule has 1 unspecified atom stereocenters. The molecule has 2 aromatic rings. The van der Waals surface area contributed by atoms with Gasteiger partial charge >= 0.3 is 0 Å². The van der Waals surface area contributed by atoms with E-state index in [0.29, 0.717) is 37.5 Å². The van der Waals surface area contributed by atoms with Crippen molar-refractivity contribution in [3.63, 3.8) is 0 Å². The smallest absolute Gasteiger partial charge is 0.242 e. The van der Waals surface area contributed by atoms with Crippen LogP contribution in [0.4, 0.5) is 5.82 Å². The molecule has 1 atom stereocenters. The van der Waals surface area contributed by atoms with E-state index < -0.39 is 11.5 Å². The van der Waals surface area contributed by atoms with E-state index in [1.54, 1.807) is 6.20 Å². The second kappa shape index (κ2) is 8.37. The maximum atomic E-state index is 13.3. The van der Waals surface area contributed by atoms with Crippen molar-refractivity contribution in [2.45, 2.75) is 31.7 Å². The van der Waals surface area contributed by atoms with E-state index in [1.807, 2.05) is 30.3 Å². The fraction of sp³-hybridized carbons (Fsp3) is 0.429. The molecular weight excluding hydrogens is 390 g/mol. The first-order valence-corrected chi connectivity index (χ1v) is 10.3. The van der Waals surface area contributed by atoms with E-state index in [1.165, 1.54) is 6.33 Å². The van der Waals surface area contributed by atoms with Crippen molar-refractivity contribution in [2.75, 3.05) is 24.5 Å². The minimum absolute atomic E-state index is 0.0835. The Morgan fingerprint density at radius 3 is 2.76 bits per heavy atom. The summed E-state index contributed by atoms with van der Waals surface area (Å²) in [5, 5.41) is 6.57. The third-order valence-corrected chi connectivity index (χ3v) is 5.91. The van der Waals surface area contributed by atoms with E-state index in [4.69, 9.17) is 11.6 Å². The van der Waals surface area contributed by atoms with Gasteiger partial charge in [-0.25, -0.2) is 9.97 Å². The van der Waals surface area contributed by atoms with Crippen LogP contribution in [0.5, 0.6) is 0 Å². The van der Waals surface area contributed by atoms with Crippen molar-refractivity contribution < 1.29 is 9.59 Å². The fourth-order valence-corrected chi connectivity index (χ4v) is 4.16. The summed E-state index contributed by atoms with van der Waals surface area (Å²) < 4.78 is 0. The fourth-order valence-electron chi connectivity index (χ4n) is 4.03. The van der Waals surface area contributed by atoms with Crippen LogP contribution >= 0.6 is 11.6 Å². The van der Waals surface area contributed by atoms with E-state index >= 15 is 0 Å². The molecule has 0 saturated carbocycles. The van der Waals surface area contributed by atoms with Crippen LogP contribution in [-0.4, -0.2) is 47.5 Å². The molecule has 7 nitrogen and oxygen atoms in total. The van der Waals surface area contributed by atoms with Crippen molar-refractivity contribution in [1.82, 2.24) is 20.6 Å². The van der Waals surface area contributed by atoms with Gasteiger partial charge in [0.1, 0.15) is 18.2 Å². The van der Waals surface area contributed by atoms with Gasteiger partial charge in [0.2, 0.25) is 11.8 Å². The lowest BCUT2D eigenvalue weighted by atomic mass is 9.73. The first kappa shape index (κ1) is 19.6. The predicted octanol–water partition coefficient (Wildman–Crippen LogP) is 1.96. The number of hydrogen-bond acceptors (Lipinski definition) is 5. The number of nitrogens with one attached hydrogen (secondary N) is 2. The first-order chi connectivity index (χ1) is 14.1. The molecule has 0 aliphatic carbocycles. The zero-order valence-corrected chi connectivity index (χ0v) is 16.9. The van der Waals surface area contributed by atoms with E-state index in [9.17, 15) is 9.59 Å². The Hall–Kier alpha value is -2.67. The topological polar surface area (TPSA) is 87.2 Å². The normalized spacial score (nSPS) is 20.9. The van der Waals surface area contributed by atoms with Crippen LogP contribution in [0.2, 0.25) is 5.02 Å². The van der Waals surface area contributed by atoms with Gasteiger partial charge in [0.05, 0.1) is 5.41 Å². The summed E-state index contributed by atoms with van der Waals surface area (Å²) in [5.74, 6) is 0.621. The number of halogens is 1. The molecule has 0 bridgehead atoms. The number of benzene rings is 1. The first-order valence-electron chi connectivity index (χ1n) is 9.90. The molecule has 0 radical (unpaired) electrons. The lowest BCUT2D eigenvalue weighted by Crippen LogP contribution is -2.66. The summed E-state index contributed by atoms with van der Waals surface area (Å²) in [6, 6.07) is 8.93. The second-order valence-corrected chi connectivity index (χ2v) is 8.26. The summed E-state index contributed by atoms with van der Waals surface area (Å²) in [4.78, 5) is 35.9. The molecule has 152 valence electrons. The highest BCUT2D eigenvalue weighted by Gasteiger charge is 2.50. The molecule has 3 heterocycles. The van der Waals surface area contributed by atoms with Gasteiger partial charge < -0.3 is 15.5 Å². The third kappa shape index (κ3) is 4.34. The van der Waals surface area contributed by atoms with Gasteiger partial charge in [-0.15, -0.1) is 0 Å². The molecule has 2 aliphatic rings. The monoisotopic (exact) mass is 413 g/mol. The summed E-state index contributed by atoms with van der Waals surface area (Å²) in [6.07, 6.45) is 6.30. The molecule has 2 fully saturated rings. The molecular formula is C21H24ClN5O2. The highest BCUT2D eigenvalue weighted by atomic mass is 35.5. The number of nitrogens with zero attached hydrogens (tertiary/aromatic N) is 3. The van der Waals surface area contributed by atoms with Gasteiger partial charge in [0, 0.05) is 30.9 Å². The molecule has 29 heavy (non-hydrogen) atoms. The molecule has 2 amide bonds.